The summed E-state index contributed by atoms with van der Waals surface area (Å²) in [6.07, 6.45) is 2.87. The number of benzene rings is 2. The summed E-state index contributed by atoms with van der Waals surface area (Å²) in [5, 5.41) is 3.22. The lowest BCUT2D eigenvalue weighted by atomic mass is 9.70. The molecule has 0 spiro atoms. The smallest absolute Gasteiger partial charge is 0.241 e. The van der Waals surface area contributed by atoms with E-state index in [0.29, 0.717) is 24.0 Å². The van der Waals surface area contributed by atoms with Gasteiger partial charge in [-0.15, -0.1) is 0 Å². The van der Waals surface area contributed by atoms with Crippen molar-refractivity contribution in [3.63, 3.8) is 0 Å². The Kier molecular flexibility index (Phi) is 5.79. The molecule has 0 amide bonds. The second-order valence-electron chi connectivity index (χ2n) is 8.55. The maximum Gasteiger partial charge on any atom is 0.241 e. The number of sulfonamides is 1. The van der Waals surface area contributed by atoms with Crippen LogP contribution in [0, 0.1) is 6.92 Å². The van der Waals surface area contributed by atoms with E-state index >= 15 is 0 Å². The first-order valence-electron chi connectivity index (χ1n) is 10.9. The van der Waals surface area contributed by atoms with Gasteiger partial charge >= 0.3 is 0 Å². The van der Waals surface area contributed by atoms with Crippen LogP contribution in [0.25, 0.3) is 0 Å². The van der Waals surface area contributed by atoms with Crippen LogP contribution in [0.15, 0.2) is 51.1 Å². The molecule has 0 saturated carbocycles. The zero-order chi connectivity index (χ0) is 22.4. The third kappa shape index (κ3) is 3.53. The van der Waals surface area contributed by atoms with Crippen molar-refractivity contribution < 1.29 is 16.8 Å². The standard InChI is InChI=1S/C23H30N2O4S2/c1-4-23(5-2)18-8-6-7-9-20(18)30(26,27)22-15-21(16(3)14-19(22)23)31(28,29)25-17-10-12-24-13-11-17/h6-9,14-15,17,24-25H,4-5,10-13H2,1-3H3. The van der Waals surface area contributed by atoms with Gasteiger partial charge in [-0.2, -0.15) is 0 Å². The molecule has 0 bridgehead atoms. The van der Waals surface area contributed by atoms with E-state index in [4.69, 9.17) is 0 Å². The normalized spacial score (nSPS) is 20.1. The zero-order valence-corrected chi connectivity index (χ0v) is 19.9. The number of fused-ring (bicyclic) bond motifs is 2. The van der Waals surface area contributed by atoms with Gasteiger partial charge in [0.15, 0.2) is 0 Å². The van der Waals surface area contributed by atoms with Crippen LogP contribution in [-0.4, -0.2) is 36.0 Å². The van der Waals surface area contributed by atoms with Gasteiger partial charge in [0.05, 0.1) is 14.7 Å². The molecule has 0 aromatic heterocycles. The van der Waals surface area contributed by atoms with Crippen LogP contribution in [0.4, 0.5) is 0 Å². The fourth-order valence-electron chi connectivity index (χ4n) is 5.15. The lowest BCUT2D eigenvalue weighted by Gasteiger charge is -2.40. The molecule has 0 atom stereocenters. The molecule has 2 aliphatic rings. The van der Waals surface area contributed by atoms with E-state index in [9.17, 15) is 16.8 Å². The molecule has 6 nitrogen and oxygen atoms in total. The summed E-state index contributed by atoms with van der Waals surface area (Å²) in [6.45, 7) is 7.38. The Hall–Kier alpha value is -1.74. The Morgan fingerprint density at radius 3 is 2.32 bits per heavy atom. The largest absolute Gasteiger partial charge is 0.317 e. The Morgan fingerprint density at radius 1 is 1.03 bits per heavy atom. The van der Waals surface area contributed by atoms with Crippen LogP contribution in [0.1, 0.15) is 56.2 Å². The zero-order valence-electron chi connectivity index (χ0n) is 18.2. The highest BCUT2D eigenvalue weighted by atomic mass is 32.2. The molecule has 0 radical (unpaired) electrons. The average molecular weight is 463 g/mol. The Bertz CT molecular complexity index is 1210. The lowest BCUT2D eigenvalue weighted by molar-refractivity contribution is 0.426. The summed E-state index contributed by atoms with van der Waals surface area (Å²) >= 11 is 0. The van der Waals surface area contributed by atoms with Crippen LogP contribution < -0.4 is 10.0 Å². The van der Waals surface area contributed by atoms with Crippen molar-refractivity contribution in [2.24, 2.45) is 0 Å². The number of sulfone groups is 1. The van der Waals surface area contributed by atoms with Crippen LogP contribution in [0.3, 0.4) is 0 Å². The molecule has 8 heteroatoms. The van der Waals surface area contributed by atoms with Crippen molar-refractivity contribution in [1.82, 2.24) is 10.0 Å². The molecule has 0 aliphatic carbocycles. The van der Waals surface area contributed by atoms with Gasteiger partial charge in [0.2, 0.25) is 19.9 Å². The van der Waals surface area contributed by atoms with Crippen LogP contribution in [0.5, 0.6) is 0 Å². The maximum absolute atomic E-state index is 13.6. The minimum absolute atomic E-state index is 0.0499. The first kappa shape index (κ1) is 22.5. The molecule has 0 unspecified atom stereocenters. The molecule has 2 aromatic carbocycles. The summed E-state index contributed by atoms with van der Waals surface area (Å²) in [6, 6.07) is 10.1. The number of nitrogens with one attached hydrogen (secondary N) is 2. The van der Waals surface area contributed by atoms with Gasteiger partial charge in [0.25, 0.3) is 0 Å². The predicted octanol–water partition coefficient (Wildman–Crippen LogP) is 3.28. The third-order valence-corrected chi connectivity index (χ3v) is 10.4. The van der Waals surface area contributed by atoms with E-state index in [2.05, 4.69) is 23.9 Å². The second kappa shape index (κ2) is 7.99. The summed E-state index contributed by atoms with van der Waals surface area (Å²) in [7, 11) is -7.67. The van der Waals surface area contributed by atoms with Crippen LogP contribution >= 0.6 is 0 Å². The summed E-state index contributed by atoms with van der Waals surface area (Å²) in [4.78, 5) is 0.449. The highest BCUT2D eigenvalue weighted by Gasteiger charge is 2.45. The minimum Gasteiger partial charge on any atom is -0.317 e. The SMILES string of the molecule is CCC1(CC)c2ccccc2S(=O)(=O)c2cc(S(=O)(=O)NC3CCNCC3)c(C)cc21. The minimum atomic E-state index is -3.84. The Labute approximate surface area is 185 Å². The first-order valence-corrected chi connectivity index (χ1v) is 13.9. The number of piperidine rings is 1. The number of hydrogen-bond acceptors (Lipinski definition) is 5. The van der Waals surface area contributed by atoms with Crippen molar-refractivity contribution in [3.05, 3.63) is 53.1 Å². The van der Waals surface area contributed by atoms with Gasteiger partial charge in [-0.1, -0.05) is 38.1 Å². The average Bonchev–Trinajstić information content (AvgIpc) is 2.75. The first-order chi connectivity index (χ1) is 14.7. The van der Waals surface area contributed by atoms with Crippen molar-refractivity contribution in [1.29, 1.82) is 0 Å². The van der Waals surface area contributed by atoms with Gasteiger partial charge in [-0.25, -0.2) is 21.6 Å². The molecule has 1 fully saturated rings. The molecular formula is C23H30N2O4S2. The van der Waals surface area contributed by atoms with E-state index in [1.165, 1.54) is 6.07 Å². The fourth-order valence-corrected chi connectivity index (χ4v) is 8.65. The molecule has 168 valence electrons. The van der Waals surface area contributed by atoms with E-state index < -0.39 is 25.3 Å². The van der Waals surface area contributed by atoms with Gasteiger partial charge in [-0.05, 0) is 74.5 Å². The molecule has 2 aromatic rings. The third-order valence-electron chi connectivity index (χ3n) is 6.93. The molecule has 31 heavy (non-hydrogen) atoms. The highest BCUT2D eigenvalue weighted by Crippen LogP contribution is 2.50. The second-order valence-corrected chi connectivity index (χ2v) is 12.1. The summed E-state index contributed by atoms with van der Waals surface area (Å²) < 4.78 is 56.4. The molecule has 2 heterocycles. The maximum atomic E-state index is 13.6. The van der Waals surface area contributed by atoms with E-state index in [1.54, 1.807) is 25.1 Å². The van der Waals surface area contributed by atoms with E-state index in [0.717, 1.165) is 31.5 Å². The quantitative estimate of drug-likeness (QED) is 0.711. The molecule has 2 N–H and O–H groups in total. The van der Waals surface area contributed by atoms with E-state index in [1.807, 2.05) is 12.1 Å². The lowest BCUT2D eigenvalue weighted by Crippen LogP contribution is -2.43. The number of rotatable bonds is 5. The van der Waals surface area contributed by atoms with Crippen molar-refractivity contribution in [3.8, 4) is 0 Å². The highest BCUT2D eigenvalue weighted by molar-refractivity contribution is 7.92. The van der Waals surface area contributed by atoms with Gasteiger partial charge < -0.3 is 5.32 Å². The Balaban J connectivity index is 1.91. The molecular weight excluding hydrogens is 432 g/mol. The number of aryl methyl sites for hydroxylation is 1. The van der Waals surface area contributed by atoms with Gasteiger partial charge in [-0.3, -0.25) is 0 Å². The Morgan fingerprint density at radius 2 is 1.68 bits per heavy atom. The molecule has 1 saturated heterocycles. The fraction of sp³-hybridized carbons (Fsp3) is 0.478. The predicted molar refractivity (Wildman–Crippen MR) is 121 cm³/mol. The van der Waals surface area contributed by atoms with Crippen LogP contribution in [-0.2, 0) is 25.3 Å². The molecule has 2 aliphatic heterocycles. The topological polar surface area (TPSA) is 92.3 Å². The summed E-state index contributed by atoms with van der Waals surface area (Å²) in [5.41, 5.74) is 1.61. The number of hydrogen-bond donors (Lipinski definition) is 2. The van der Waals surface area contributed by atoms with E-state index in [-0.39, 0.29) is 20.7 Å². The van der Waals surface area contributed by atoms with Gasteiger partial charge in [0.1, 0.15) is 0 Å². The van der Waals surface area contributed by atoms with Crippen molar-refractivity contribution in [2.45, 2.75) is 72.6 Å². The van der Waals surface area contributed by atoms with Crippen LogP contribution in [0.2, 0.25) is 0 Å². The van der Waals surface area contributed by atoms with Crippen molar-refractivity contribution >= 4 is 19.9 Å². The van der Waals surface area contributed by atoms with Crippen molar-refractivity contribution in [2.75, 3.05) is 13.1 Å². The molecule has 4 rings (SSSR count). The van der Waals surface area contributed by atoms with Gasteiger partial charge in [0, 0.05) is 11.5 Å². The summed E-state index contributed by atoms with van der Waals surface area (Å²) in [5.74, 6) is 0. The monoisotopic (exact) mass is 462 g/mol.